The third-order valence-corrected chi connectivity index (χ3v) is 6.15. The molecule has 0 N–H and O–H groups in total. The van der Waals surface area contributed by atoms with Crippen molar-refractivity contribution in [3.05, 3.63) is 75.7 Å². The summed E-state index contributed by atoms with van der Waals surface area (Å²) in [7, 11) is 0. The van der Waals surface area contributed by atoms with Crippen LogP contribution in [-0.2, 0) is 6.54 Å². The van der Waals surface area contributed by atoms with Gasteiger partial charge in [0.2, 0.25) is 0 Å². The van der Waals surface area contributed by atoms with Gasteiger partial charge >= 0.3 is 0 Å². The van der Waals surface area contributed by atoms with Crippen LogP contribution in [0.5, 0.6) is 0 Å². The van der Waals surface area contributed by atoms with Crippen LogP contribution in [0.15, 0.2) is 48.5 Å². The van der Waals surface area contributed by atoms with Gasteiger partial charge in [0, 0.05) is 0 Å². The van der Waals surface area contributed by atoms with Crippen molar-refractivity contribution >= 4 is 46.1 Å². The topological polar surface area (TPSA) is 29.3 Å². The van der Waals surface area contributed by atoms with E-state index in [4.69, 9.17) is 23.8 Å². The first-order valence-corrected chi connectivity index (χ1v) is 9.68. The number of rotatable bonds is 4. The van der Waals surface area contributed by atoms with Crippen molar-refractivity contribution in [1.29, 1.82) is 0 Å². The molecule has 1 unspecified atom stereocenters. The van der Waals surface area contributed by atoms with Crippen LogP contribution >= 0.6 is 35.6 Å². The maximum atomic E-state index is 14.1. The Kier molecular flexibility index (Phi) is 5.55. The number of thioether (sulfide) groups is 1. The second kappa shape index (κ2) is 7.55. The maximum Gasteiger partial charge on any atom is 0.254 e. The van der Waals surface area contributed by atoms with Crippen LogP contribution in [0.3, 0.4) is 0 Å². The summed E-state index contributed by atoms with van der Waals surface area (Å²) in [6, 6.07) is 14.2. The van der Waals surface area contributed by atoms with Gasteiger partial charge in [0.15, 0.2) is 6.21 Å². The molecule has 0 aliphatic carbocycles. The van der Waals surface area contributed by atoms with Gasteiger partial charge in [-0.1, -0.05) is 72.0 Å². The first-order valence-electron chi connectivity index (χ1n) is 8.07. The predicted octanol–water partition coefficient (Wildman–Crippen LogP) is 5.05. The van der Waals surface area contributed by atoms with Crippen LogP contribution in [0.4, 0.5) is 4.39 Å². The monoisotopic (exact) mass is 408 g/mol. The summed E-state index contributed by atoms with van der Waals surface area (Å²) in [4.78, 5) is 1.88. The van der Waals surface area contributed by atoms with E-state index in [1.807, 2.05) is 49.1 Å². The highest BCUT2D eigenvalue weighted by Gasteiger charge is 2.50. The Morgan fingerprint density at radius 2 is 1.96 bits per heavy atom. The lowest BCUT2D eigenvalue weighted by atomic mass is 10.1. The van der Waals surface area contributed by atoms with Crippen molar-refractivity contribution in [1.82, 2.24) is 4.90 Å². The van der Waals surface area contributed by atoms with Crippen molar-refractivity contribution in [3.63, 3.8) is 0 Å². The highest BCUT2D eigenvalue weighted by atomic mass is 35.5. The number of hydrogen-bond acceptors (Lipinski definition) is 3. The number of hydrogen-bond donors (Lipinski definition) is 0. The van der Waals surface area contributed by atoms with E-state index in [0.717, 1.165) is 10.3 Å². The molecule has 3 nitrogen and oxygen atoms in total. The summed E-state index contributed by atoms with van der Waals surface area (Å²) in [5.41, 5.74) is 1.14. The van der Waals surface area contributed by atoms with E-state index in [1.165, 1.54) is 30.1 Å². The van der Waals surface area contributed by atoms with Gasteiger partial charge in [-0.15, -0.1) is 0 Å². The number of nitrogens with zero attached hydrogens (tertiary/aromatic N) is 2. The molecule has 0 spiro atoms. The van der Waals surface area contributed by atoms with Gasteiger partial charge in [-0.05, 0) is 31.5 Å². The molecule has 1 saturated heterocycles. The molecule has 26 heavy (non-hydrogen) atoms. The zero-order valence-electron chi connectivity index (χ0n) is 14.4. The summed E-state index contributed by atoms with van der Waals surface area (Å²) in [5, 5.41) is 13.2. The number of halogens is 2. The zero-order valence-corrected chi connectivity index (χ0v) is 16.7. The van der Waals surface area contributed by atoms with Crippen molar-refractivity contribution in [2.24, 2.45) is 0 Å². The van der Waals surface area contributed by atoms with Crippen LogP contribution in [0, 0.1) is 11.0 Å². The van der Waals surface area contributed by atoms with E-state index in [9.17, 15) is 9.60 Å². The van der Waals surface area contributed by atoms with Crippen LogP contribution in [0.1, 0.15) is 25.0 Å². The standard InChI is InChI=1S/C19H18ClFN2OS2/c1-19(2)17(23(24)12-14-15(20)9-6-10-16(14)21)22(18(25)26-19)11-13-7-4-3-5-8-13/h3-10,12,17H,11H2,1-2H3. The van der Waals surface area contributed by atoms with Gasteiger partial charge in [-0.3, -0.25) is 4.90 Å². The average molecular weight is 409 g/mol. The van der Waals surface area contributed by atoms with Crippen LogP contribution < -0.4 is 0 Å². The Morgan fingerprint density at radius 1 is 1.27 bits per heavy atom. The van der Waals surface area contributed by atoms with E-state index in [0.29, 0.717) is 10.9 Å². The number of benzene rings is 2. The average Bonchev–Trinajstić information content (AvgIpc) is 2.80. The van der Waals surface area contributed by atoms with E-state index in [1.54, 1.807) is 6.07 Å². The quantitative estimate of drug-likeness (QED) is 0.233. The van der Waals surface area contributed by atoms with Crippen molar-refractivity contribution in [3.8, 4) is 0 Å². The molecule has 3 rings (SSSR count). The molecule has 1 atom stereocenters. The fourth-order valence-corrected chi connectivity index (χ4v) is 5.11. The number of hydroxylamine groups is 1. The molecule has 1 aliphatic rings. The van der Waals surface area contributed by atoms with E-state index < -0.39 is 16.7 Å². The molecule has 0 radical (unpaired) electrons. The predicted molar refractivity (Wildman–Crippen MR) is 110 cm³/mol. The molecular weight excluding hydrogens is 391 g/mol. The molecule has 0 aromatic heterocycles. The minimum Gasteiger partial charge on any atom is -0.622 e. The lowest BCUT2D eigenvalue weighted by Gasteiger charge is -2.30. The summed E-state index contributed by atoms with van der Waals surface area (Å²) >= 11 is 13.0. The van der Waals surface area contributed by atoms with E-state index >= 15 is 0 Å². The minimum absolute atomic E-state index is 0.0856. The van der Waals surface area contributed by atoms with E-state index in [2.05, 4.69) is 0 Å². The smallest absolute Gasteiger partial charge is 0.254 e. The Hall–Kier alpha value is -1.63. The van der Waals surface area contributed by atoms with Gasteiger partial charge in [0.1, 0.15) is 14.9 Å². The van der Waals surface area contributed by atoms with Gasteiger partial charge in [-0.25, -0.2) is 4.39 Å². The summed E-state index contributed by atoms with van der Waals surface area (Å²) in [6.45, 7) is 4.43. The molecule has 136 valence electrons. The van der Waals surface area contributed by atoms with Crippen molar-refractivity contribution in [2.75, 3.05) is 0 Å². The Labute approximate surface area is 167 Å². The van der Waals surface area contributed by atoms with Gasteiger partial charge in [-0.2, -0.15) is 4.74 Å². The molecule has 0 amide bonds. The highest BCUT2D eigenvalue weighted by molar-refractivity contribution is 8.24. The third kappa shape index (κ3) is 3.87. The van der Waals surface area contributed by atoms with Crippen LogP contribution in [0.25, 0.3) is 0 Å². The van der Waals surface area contributed by atoms with Gasteiger partial charge < -0.3 is 5.21 Å². The fourth-order valence-electron chi connectivity index (χ4n) is 3.02. The lowest BCUT2D eigenvalue weighted by molar-refractivity contribution is -0.524. The first-order chi connectivity index (χ1) is 12.3. The second-order valence-corrected chi connectivity index (χ2v) is 9.28. The Morgan fingerprint density at radius 3 is 2.62 bits per heavy atom. The third-order valence-electron chi connectivity index (χ3n) is 4.19. The van der Waals surface area contributed by atoms with Gasteiger partial charge in [0.25, 0.3) is 6.17 Å². The van der Waals surface area contributed by atoms with Crippen LogP contribution in [0.2, 0.25) is 5.02 Å². The molecular formula is C19H18ClFN2OS2. The van der Waals surface area contributed by atoms with Crippen molar-refractivity contribution in [2.45, 2.75) is 31.3 Å². The normalized spacial score (nSPS) is 19.8. The Bertz CT molecular complexity index is 838. The van der Waals surface area contributed by atoms with Crippen molar-refractivity contribution < 1.29 is 9.13 Å². The molecule has 2 aromatic rings. The van der Waals surface area contributed by atoms with Gasteiger partial charge in [0.05, 0.1) is 17.1 Å². The number of thiocarbonyl (C=S) groups is 1. The van der Waals surface area contributed by atoms with Crippen LogP contribution in [-0.4, -0.2) is 31.1 Å². The molecule has 1 aliphatic heterocycles. The largest absolute Gasteiger partial charge is 0.622 e. The summed E-state index contributed by atoms with van der Waals surface area (Å²) < 4.78 is 15.0. The molecule has 0 saturated carbocycles. The highest BCUT2D eigenvalue weighted by Crippen LogP contribution is 2.42. The zero-order chi connectivity index (χ0) is 18.9. The summed E-state index contributed by atoms with van der Waals surface area (Å²) in [5.74, 6) is -0.529. The summed E-state index contributed by atoms with van der Waals surface area (Å²) in [6.07, 6.45) is 0.646. The Balaban J connectivity index is 1.98. The fraction of sp³-hybridized carbons (Fsp3) is 0.263. The molecule has 0 bridgehead atoms. The lowest BCUT2D eigenvalue weighted by Crippen LogP contribution is -2.47. The second-order valence-electron chi connectivity index (χ2n) is 6.58. The first kappa shape index (κ1) is 19.1. The SMILES string of the molecule is CC1(C)SC(=S)N(Cc2ccccc2)C1[N+]([O-])=Cc1c(F)cccc1Cl. The maximum absolute atomic E-state index is 14.1. The molecule has 1 heterocycles. The van der Waals surface area contributed by atoms with E-state index in [-0.39, 0.29) is 10.6 Å². The minimum atomic E-state index is -0.573. The molecule has 7 heteroatoms. The molecule has 2 aromatic carbocycles. The molecule has 1 fully saturated rings.